The highest BCUT2D eigenvalue weighted by Crippen LogP contribution is 2.21. The van der Waals surface area contributed by atoms with Crippen molar-refractivity contribution in [2.45, 2.75) is 77.6 Å². The van der Waals surface area contributed by atoms with E-state index < -0.39 is 0 Å². The quantitative estimate of drug-likeness (QED) is 0.140. The molecule has 0 amide bonds. The summed E-state index contributed by atoms with van der Waals surface area (Å²) in [5, 5.41) is 8.36. The zero-order valence-electron chi connectivity index (χ0n) is 17.7. The number of azo groups is 1. The van der Waals surface area contributed by atoms with Crippen molar-refractivity contribution in [3.63, 3.8) is 0 Å². The number of unbranched alkanes of at least 4 members (excludes halogenated alkanes) is 9. The van der Waals surface area contributed by atoms with Crippen LogP contribution in [0.2, 0.25) is 0 Å². The first-order valence-corrected chi connectivity index (χ1v) is 11.1. The Morgan fingerprint density at radius 2 is 1.21 bits per heavy atom. The van der Waals surface area contributed by atoms with Gasteiger partial charge in [-0.2, -0.15) is 10.2 Å². The molecule has 0 saturated carbocycles. The fourth-order valence-electron chi connectivity index (χ4n) is 3.13. The van der Waals surface area contributed by atoms with Crippen molar-refractivity contribution in [3.8, 4) is 5.75 Å². The summed E-state index contributed by atoms with van der Waals surface area (Å²) in [6, 6.07) is 16.7. The molecular formula is C25H34N2O2. The summed E-state index contributed by atoms with van der Waals surface area (Å²) in [7, 11) is 0. The average Bonchev–Trinajstić information content (AvgIpc) is 2.75. The topological polar surface area (TPSA) is 51.0 Å². The molecular weight excluding hydrogens is 360 g/mol. The smallest absolute Gasteiger partial charge is 0.311 e. The fraction of sp³-hybridized carbons (Fsp3) is 0.480. The van der Waals surface area contributed by atoms with Crippen molar-refractivity contribution < 1.29 is 9.53 Å². The first kappa shape index (κ1) is 22.8. The van der Waals surface area contributed by atoms with Crippen molar-refractivity contribution in [1.82, 2.24) is 0 Å². The highest BCUT2D eigenvalue weighted by atomic mass is 16.5. The Balaban J connectivity index is 1.56. The van der Waals surface area contributed by atoms with Crippen LogP contribution in [0.4, 0.5) is 11.4 Å². The molecule has 2 rings (SSSR count). The van der Waals surface area contributed by atoms with E-state index in [0.29, 0.717) is 12.2 Å². The monoisotopic (exact) mass is 394 g/mol. The van der Waals surface area contributed by atoms with Gasteiger partial charge in [-0.3, -0.25) is 4.79 Å². The predicted molar refractivity (Wildman–Crippen MR) is 119 cm³/mol. The van der Waals surface area contributed by atoms with E-state index in [2.05, 4.69) is 17.2 Å². The van der Waals surface area contributed by atoms with Gasteiger partial charge in [-0.25, -0.2) is 0 Å². The second-order valence-corrected chi connectivity index (χ2v) is 7.44. The third-order valence-corrected chi connectivity index (χ3v) is 4.84. The van der Waals surface area contributed by atoms with E-state index in [4.69, 9.17) is 4.74 Å². The minimum absolute atomic E-state index is 0.164. The molecule has 0 saturated heterocycles. The van der Waals surface area contributed by atoms with Crippen LogP contribution in [0.1, 0.15) is 77.6 Å². The Bertz CT molecular complexity index is 711. The maximum absolute atomic E-state index is 12.0. The van der Waals surface area contributed by atoms with E-state index in [9.17, 15) is 4.79 Å². The fourth-order valence-corrected chi connectivity index (χ4v) is 3.13. The molecule has 2 aromatic carbocycles. The zero-order chi connectivity index (χ0) is 20.6. The van der Waals surface area contributed by atoms with Crippen molar-refractivity contribution in [1.29, 1.82) is 0 Å². The summed E-state index contributed by atoms with van der Waals surface area (Å²) in [4.78, 5) is 12.0. The van der Waals surface area contributed by atoms with Crippen LogP contribution in [0.3, 0.4) is 0 Å². The van der Waals surface area contributed by atoms with Gasteiger partial charge in [0.05, 0.1) is 11.4 Å². The Morgan fingerprint density at radius 3 is 1.79 bits per heavy atom. The maximum Gasteiger partial charge on any atom is 0.311 e. The highest BCUT2D eigenvalue weighted by molar-refractivity contribution is 5.72. The number of esters is 1. The molecule has 0 aromatic heterocycles. The van der Waals surface area contributed by atoms with Gasteiger partial charge in [0, 0.05) is 6.42 Å². The zero-order valence-corrected chi connectivity index (χ0v) is 17.7. The lowest BCUT2D eigenvalue weighted by Gasteiger charge is -2.05. The number of ether oxygens (including phenoxy) is 1. The SMILES string of the molecule is CCCCCCCCCCCCC(=O)Oc1ccc(N=Nc2ccccc2)cc1. The lowest BCUT2D eigenvalue weighted by molar-refractivity contribution is -0.134. The summed E-state index contributed by atoms with van der Waals surface area (Å²) >= 11 is 0. The molecule has 0 N–H and O–H groups in total. The number of benzene rings is 2. The van der Waals surface area contributed by atoms with Crippen LogP contribution in [-0.4, -0.2) is 5.97 Å². The lowest BCUT2D eigenvalue weighted by atomic mass is 10.1. The van der Waals surface area contributed by atoms with Crippen molar-refractivity contribution >= 4 is 17.3 Å². The van der Waals surface area contributed by atoms with Crippen LogP contribution in [0, 0.1) is 0 Å². The summed E-state index contributed by atoms with van der Waals surface area (Å²) in [5.41, 5.74) is 1.53. The molecule has 0 radical (unpaired) electrons. The highest BCUT2D eigenvalue weighted by Gasteiger charge is 2.05. The normalized spacial score (nSPS) is 11.1. The second-order valence-electron chi connectivity index (χ2n) is 7.44. The van der Waals surface area contributed by atoms with E-state index in [1.165, 1.54) is 51.4 Å². The molecule has 2 aromatic rings. The van der Waals surface area contributed by atoms with Gasteiger partial charge in [0.15, 0.2) is 0 Å². The van der Waals surface area contributed by atoms with Gasteiger partial charge in [-0.05, 0) is 42.8 Å². The largest absolute Gasteiger partial charge is 0.427 e. The molecule has 0 fully saturated rings. The van der Waals surface area contributed by atoms with Gasteiger partial charge in [-0.15, -0.1) is 0 Å². The first-order chi connectivity index (χ1) is 14.3. The summed E-state index contributed by atoms with van der Waals surface area (Å²) in [5.74, 6) is 0.393. The van der Waals surface area contributed by atoms with E-state index in [1.54, 1.807) is 24.3 Å². The summed E-state index contributed by atoms with van der Waals surface area (Å²) in [6.45, 7) is 2.25. The van der Waals surface area contributed by atoms with Crippen molar-refractivity contribution in [3.05, 3.63) is 54.6 Å². The van der Waals surface area contributed by atoms with Crippen LogP contribution in [0.5, 0.6) is 5.75 Å². The van der Waals surface area contributed by atoms with E-state index in [0.717, 1.165) is 24.2 Å². The number of nitrogens with zero attached hydrogens (tertiary/aromatic N) is 2. The van der Waals surface area contributed by atoms with Gasteiger partial charge in [0.1, 0.15) is 5.75 Å². The minimum atomic E-state index is -0.164. The van der Waals surface area contributed by atoms with Crippen LogP contribution < -0.4 is 4.74 Å². The van der Waals surface area contributed by atoms with E-state index in [-0.39, 0.29) is 5.97 Å². The predicted octanol–water partition coefficient (Wildman–Crippen LogP) is 8.32. The molecule has 29 heavy (non-hydrogen) atoms. The van der Waals surface area contributed by atoms with Gasteiger partial charge in [0.25, 0.3) is 0 Å². The summed E-state index contributed by atoms with van der Waals surface area (Å²) < 4.78 is 5.40. The van der Waals surface area contributed by atoms with Crippen molar-refractivity contribution in [2.75, 3.05) is 0 Å². The standard InChI is InChI=1S/C25H34N2O2/c1-2-3-4-5-6-7-8-9-10-14-17-25(28)29-24-20-18-23(19-21-24)27-26-22-15-12-11-13-16-22/h11-13,15-16,18-21H,2-10,14,17H2,1H3. The Labute approximate surface area is 175 Å². The van der Waals surface area contributed by atoms with Crippen LogP contribution in [0.25, 0.3) is 0 Å². The number of rotatable bonds is 14. The molecule has 0 spiro atoms. The van der Waals surface area contributed by atoms with E-state index in [1.807, 2.05) is 30.3 Å². The molecule has 0 aliphatic heterocycles. The Morgan fingerprint density at radius 1 is 0.690 bits per heavy atom. The number of carbonyl (C=O) groups is 1. The van der Waals surface area contributed by atoms with Crippen LogP contribution in [-0.2, 0) is 4.79 Å². The van der Waals surface area contributed by atoms with E-state index >= 15 is 0 Å². The van der Waals surface area contributed by atoms with Gasteiger partial charge in [0.2, 0.25) is 0 Å². The molecule has 0 heterocycles. The van der Waals surface area contributed by atoms with Gasteiger partial charge < -0.3 is 4.74 Å². The number of carbonyl (C=O) groups excluding carboxylic acids is 1. The summed E-state index contributed by atoms with van der Waals surface area (Å²) in [6.07, 6.45) is 13.0. The number of hydrogen-bond donors (Lipinski definition) is 0. The lowest BCUT2D eigenvalue weighted by Crippen LogP contribution is -2.07. The maximum atomic E-state index is 12.0. The molecule has 0 bridgehead atoms. The Kier molecular flexibility index (Phi) is 11.4. The van der Waals surface area contributed by atoms with Crippen LogP contribution >= 0.6 is 0 Å². The Hall–Kier alpha value is -2.49. The molecule has 0 atom stereocenters. The molecule has 4 heteroatoms. The second kappa shape index (κ2) is 14.5. The third kappa shape index (κ3) is 10.6. The van der Waals surface area contributed by atoms with Crippen molar-refractivity contribution in [2.24, 2.45) is 10.2 Å². The molecule has 0 unspecified atom stereocenters. The molecule has 0 aliphatic rings. The first-order valence-electron chi connectivity index (χ1n) is 11.1. The molecule has 4 nitrogen and oxygen atoms in total. The molecule has 156 valence electrons. The number of hydrogen-bond acceptors (Lipinski definition) is 4. The average molecular weight is 395 g/mol. The van der Waals surface area contributed by atoms with Gasteiger partial charge in [-0.1, -0.05) is 82.9 Å². The molecule has 0 aliphatic carbocycles. The van der Waals surface area contributed by atoms with Gasteiger partial charge >= 0.3 is 5.97 Å². The third-order valence-electron chi connectivity index (χ3n) is 4.84. The minimum Gasteiger partial charge on any atom is -0.427 e. The van der Waals surface area contributed by atoms with Crippen LogP contribution in [0.15, 0.2) is 64.8 Å².